The first-order valence-corrected chi connectivity index (χ1v) is 8.97. The molecule has 0 aliphatic heterocycles. The molecule has 3 aromatic rings. The van der Waals surface area contributed by atoms with E-state index in [4.69, 9.17) is 9.47 Å². The van der Waals surface area contributed by atoms with Crippen LogP contribution in [0.25, 0.3) is 0 Å². The summed E-state index contributed by atoms with van der Waals surface area (Å²) in [5.41, 5.74) is 3.03. The van der Waals surface area contributed by atoms with Crippen LogP contribution in [-0.2, 0) is 6.42 Å². The molecule has 0 fully saturated rings. The number of nitrogens with one attached hydrogen (secondary N) is 2. The van der Waals surface area contributed by atoms with Gasteiger partial charge in [-0.3, -0.25) is 9.78 Å². The number of rotatable bonds is 8. The lowest BCUT2D eigenvalue weighted by Gasteiger charge is -2.11. The number of pyridine rings is 1. The predicted octanol–water partition coefficient (Wildman–Crippen LogP) is 3.81. The molecule has 6 heteroatoms. The fraction of sp³-hybridized carbons (Fsp3) is 0.182. The zero-order chi connectivity index (χ0) is 19.8. The first-order chi connectivity index (χ1) is 13.7. The first-order valence-electron chi connectivity index (χ1n) is 8.97. The van der Waals surface area contributed by atoms with Gasteiger partial charge >= 0.3 is 0 Å². The molecule has 0 spiro atoms. The second-order valence-corrected chi connectivity index (χ2v) is 6.11. The van der Waals surface area contributed by atoms with Crippen molar-refractivity contribution in [3.63, 3.8) is 0 Å². The highest BCUT2D eigenvalue weighted by Gasteiger charge is 2.09. The van der Waals surface area contributed by atoms with Crippen LogP contribution >= 0.6 is 0 Å². The van der Waals surface area contributed by atoms with Crippen molar-refractivity contribution in [2.24, 2.45) is 0 Å². The van der Waals surface area contributed by atoms with Gasteiger partial charge in [-0.05, 0) is 48.4 Å². The zero-order valence-electron chi connectivity index (χ0n) is 15.9. The molecule has 144 valence electrons. The molecule has 0 radical (unpaired) electrons. The summed E-state index contributed by atoms with van der Waals surface area (Å²) in [5, 5.41) is 6.16. The average molecular weight is 377 g/mol. The van der Waals surface area contributed by atoms with Crippen molar-refractivity contribution >= 4 is 17.3 Å². The maximum atomic E-state index is 12.4. The normalized spacial score (nSPS) is 10.2. The third-order valence-corrected chi connectivity index (χ3v) is 4.21. The molecule has 1 aromatic heterocycles. The third kappa shape index (κ3) is 5.01. The highest BCUT2D eigenvalue weighted by atomic mass is 16.5. The van der Waals surface area contributed by atoms with Crippen LogP contribution in [0.5, 0.6) is 11.5 Å². The van der Waals surface area contributed by atoms with Crippen LogP contribution in [0, 0.1) is 0 Å². The molecular weight excluding hydrogens is 354 g/mol. The Balaban J connectivity index is 1.60. The third-order valence-electron chi connectivity index (χ3n) is 4.21. The monoisotopic (exact) mass is 377 g/mol. The Bertz CT molecular complexity index is 944. The molecule has 0 bridgehead atoms. The van der Waals surface area contributed by atoms with Gasteiger partial charge in [0.2, 0.25) is 0 Å². The van der Waals surface area contributed by atoms with Crippen LogP contribution in [0.3, 0.4) is 0 Å². The van der Waals surface area contributed by atoms with Gasteiger partial charge in [-0.2, -0.15) is 0 Å². The molecule has 6 nitrogen and oxygen atoms in total. The van der Waals surface area contributed by atoms with Crippen LogP contribution in [0.4, 0.5) is 11.4 Å². The van der Waals surface area contributed by atoms with Crippen LogP contribution in [0.15, 0.2) is 66.9 Å². The van der Waals surface area contributed by atoms with Gasteiger partial charge in [0.25, 0.3) is 5.91 Å². The SMILES string of the molecule is COc1cccc(CCNC(=O)c2cc(Nc3ccccc3OC)ccn2)c1. The molecule has 0 atom stereocenters. The Morgan fingerprint density at radius 1 is 1.00 bits per heavy atom. The number of methoxy groups -OCH3 is 2. The van der Waals surface area contributed by atoms with Gasteiger partial charge in [0.1, 0.15) is 17.2 Å². The molecule has 28 heavy (non-hydrogen) atoms. The van der Waals surface area contributed by atoms with E-state index in [0.717, 1.165) is 28.4 Å². The summed E-state index contributed by atoms with van der Waals surface area (Å²) in [5.74, 6) is 1.32. The van der Waals surface area contributed by atoms with E-state index in [2.05, 4.69) is 15.6 Å². The van der Waals surface area contributed by atoms with E-state index in [1.165, 1.54) is 0 Å². The number of ether oxygens (including phenoxy) is 2. The predicted molar refractivity (Wildman–Crippen MR) is 110 cm³/mol. The Hall–Kier alpha value is -3.54. The fourth-order valence-electron chi connectivity index (χ4n) is 2.77. The molecule has 3 rings (SSSR count). The Kier molecular flexibility index (Phi) is 6.46. The van der Waals surface area contributed by atoms with Crippen molar-refractivity contribution in [3.8, 4) is 11.5 Å². The topological polar surface area (TPSA) is 72.5 Å². The molecule has 2 aromatic carbocycles. The molecule has 0 saturated heterocycles. The molecule has 0 aliphatic rings. The zero-order valence-corrected chi connectivity index (χ0v) is 15.9. The Labute approximate surface area is 164 Å². The Morgan fingerprint density at radius 3 is 2.68 bits per heavy atom. The van der Waals surface area contributed by atoms with Gasteiger partial charge in [0.05, 0.1) is 19.9 Å². The van der Waals surface area contributed by atoms with E-state index < -0.39 is 0 Å². The summed E-state index contributed by atoms with van der Waals surface area (Å²) in [7, 11) is 3.26. The van der Waals surface area contributed by atoms with Gasteiger partial charge in [0, 0.05) is 18.4 Å². The van der Waals surface area contributed by atoms with Crippen molar-refractivity contribution in [2.45, 2.75) is 6.42 Å². The van der Waals surface area contributed by atoms with Gasteiger partial charge in [-0.15, -0.1) is 0 Å². The van der Waals surface area contributed by atoms with Crippen LogP contribution < -0.4 is 20.1 Å². The minimum Gasteiger partial charge on any atom is -0.497 e. The second kappa shape index (κ2) is 9.41. The lowest BCUT2D eigenvalue weighted by molar-refractivity contribution is 0.0949. The maximum absolute atomic E-state index is 12.4. The molecule has 1 heterocycles. The van der Waals surface area contributed by atoms with E-state index in [1.807, 2.05) is 48.5 Å². The van der Waals surface area contributed by atoms with Gasteiger partial charge in [-0.1, -0.05) is 24.3 Å². The number of amides is 1. The van der Waals surface area contributed by atoms with Crippen LogP contribution in [-0.4, -0.2) is 31.7 Å². The Morgan fingerprint density at radius 2 is 1.86 bits per heavy atom. The highest BCUT2D eigenvalue weighted by molar-refractivity contribution is 5.93. The van der Waals surface area contributed by atoms with Crippen molar-refractivity contribution in [1.29, 1.82) is 0 Å². The molecular formula is C22H23N3O3. The number of anilines is 2. The second-order valence-electron chi connectivity index (χ2n) is 6.11. The number of carbonyl (C=O) groups is 1. The summed E-state index contributed by atoms with van der Waals surface area (Å²) >= 11 is 0. The number of aromatic nitrogens is 1. The summed E-state index contributed by atoms with van der Waals surface area (Å²) in [6.07, 6.45) is 2.32. The van der Waals surface area contributed by atoms with E-state index in [1.54, 1.807) is 32.5 Å². The number of nitrogens with zero attached hydrogens (tertiary/aromatic N) is 1. The molecule has 1 amide bonds. The van der Waals surface area contributed by atoms with E-state index in [0.29, 0.717) is 18.7 Å². The number of benzene rings is 2. The number of hydrogen-bond donors (Lipinski definition) is 2. The van der Waals surface area contributed by atoms with E-state index in [9.17, 15) is 4.79 Å². The number of hydrogen-bond acceptors (Lipinski definition) is 5. The highest BCUT2D eigenvalue weighted by Crippen LogP contribution is 2.26. The number of carbonyl (C=O) groups excluding carboxylic acids is 1. The largest absolute Gasteiger partial charge is 0.497 e. The lowest BCUT2D eigenvalue weighted by atomic mass is 10.1. The minimum absolute atomic E-state index is 0.216. The summed E-state index contributed by atoms with van der Waals surface area (Å²) in [6.45, 7) is 0.512. The summed E-state index contributed by atoms with van der Waals surface area (Å²) < 4.78 is 10.6. The summed E-state index contributed by atoms with van der Waals surface area (Å²) in [4.78, 5) is 16.6. The fourth-order valence-corrected chi connectivity index (χ4v) is 2.77. The molecule has 0 unspecified atom stereocenters. The molecule has 0 aliphatic carbocycles. The van der Waals surface area contributed by atoms with Gasteiger partial charge < -0.3 is 20.1 Å². The lowest BCUT2D eigenvalue weighted by Crippen LogP contribution is -2.26. The molecule has 2 N–H and O–H groups in total. The van der Waals surface area contributed by atoms with Crippen LogP contribution in [0.2, 0.25) is 0 Å². The number of para-hydroxylation sites is 2. The standard InChI is InChI=1S/C22H23N3O3/c1-27-18-7-5-6-16(14-18)10-12-24-22(26)20-15-17(11-13-23-20)25-19-8-3-4-9-21(19)28-2/h3-9,11,13-15H,10,12H2,1-2H3,(H,23,25)(H,24,26). The minimum atomic E-state index is -0.216. The van der Waals surface area contributed by atoms with E-state index in [-0.39, 0.29) is 5.91 Å². The van der Waals surface area contributed by atoms with Crippen molar-refractivity contribution in [1.82, 2.24) is 10.3 Å². The van der Waals surface area contributed by atoms with Gasteiger partial charge in [-0.25, -0.2) is 0 Å². The van der Waals surface area contributed by atoms with Gasteiger partial charge in [0.15, 0.2) is 0 Å². The average Bonchev–Trinajstić information content (AvgIpc) is 2.74. The summed E-state index contributed by atoms with van der Waals surface area (Å²) in [6, 6.07) is 18.9. The first kappa shape index (κ1) is 19.2. The van der Waals surface area contributed by atoms with Crippen molar-refractivity contribution < 1.29 is 14.3 Å². The molecule has 0 saturated carbocycles. The maximum Gasteiger partial charge on any atom is 0.269 e. The van der Waals surface area contributed by atoms with E-state index >= 15 is 0 Å². The van der Waals surface area contributed by atoms with Crippen LogP contribution in [0.1, 0.15) is 16.1 Å². The van der Waals surface area contributed by atoms with Crippen molar-refractivity contribution in [2.75, 3.05) is 26.1 Å². The van der Waals surface area contributed by atoms with Crippen molar-refractivity contribution in [3.05, 3.63) is 78.1 Å². The quantitative estimate of drug-likeness (QED) is 0.624. The smallest absolute Gasteiger partial charge is 0.269 e.